The van der Waals surface area contributed by atoms with Crippen LogP contribution in [0.2, 0.25) is 0 Å². The van der Waals surface area contributed by atoms with Crippen LogP contribution in [0.5, 0.6) is 34.5 Å². The highest BCUT2D eigenvalue weighted by atomic mass is 16.7. The SMILES string of the molecule is COc1ccc(C(CC(=O)NCCc2ccc(OC)c(OC)c2)c2cc3c(cc2O)OCO3)cc1. The first kappa shape index (κ1) is 24.1. The minimum Gasteiger partial charge on any atom is -0.508 e. The molecule has 0 fully saturated rings. The van der Waals surface area contributed by atoms with Crippen LogP contribution in [0.25, 0.3) is 0 Å². The van der Waals surface area contributed by atoms with Crippen molar-refractivity contribution in [3.05, 3.63) is 71.3 Å². The number of rotatable bonds is 10. The average molecular weight is 480 g/mol. The third kappa shape index (κ3) is 5.54. The zero-order valence-electron chi connectivity index (χ0n) is 20.0. The Hall–Kier alpha value is -4.07. The van der Waals surface area contributed by atoms with Gasteiger partial charge in [-0.15, -0.1) is 0 Å². The van der Waals surface area contributed by atoms with Gasteiger partial charge in [0.2, 0.25) is 12.7 Å². The van der Waals surface area contributed by atoms with E-state index >= 15 is 0 Å². The first-order valence-corrected chi connectivity index (χ1v) is 11.3. The van der Waals surface area contributed by atoms with Crippen molar-refractivity contribution in [3.8, 4) is 34.5 Å². The van der Waals surface area contributed by atoms with E-state index in [2.05, 4.69) is 5.32 Å². The monoisotopic (exact) mass is 479 g/mol. The Morgan fingerprint density at radius 3 is 2.34 bits per heavy atom. The van der Waals surface area contributed by atoms with Crippen molar-refractivity contribution in [3.63, 3.8) is 0 Å². The van der Waals surface area contributed by atoms with Crippen molar-refractivity contribution in [2.24, 2.45) is 0 Å². The highest BCUT2D eigenvalue weighted by molar-refractivity contribution is 5.78. The zero-order chi connectivity index (χ0) is 24.8. The van der Waals surface area contributed by atoms with E-state index in [0.29, 0.717) is 47.3 Å². The molecule has 8 nitrogen and oxygen atoms in total. The number of fused-ring (bicyclic) bond motifs is 1. The van der Waals surface area contributed by atoms with Crippen LogP contribution in [0.3, 0.4) is 0 Å². The molecule has 1 amide bonds. The molecule has 4 rings (SSSR count). The number of phenolic OH excluding ortho intramolecular Hbond substituents is 1. The molecule has 1 aliphatic heterocycles. The summed E-state index contributed by atoms with van der Waals surface area (Å²) in [5.74, 6) is 2.57. The highest BCUT2D eigenvalue weighted by Crippen LogP contribution is 2.43. The topological polar surface area (TPSA) is 95.5 Å². The van der Waals surface area contributed by atoms with Gasteiger partial charge in [-0.2, -0.15) is 0 Å². The first-order valence-electron chi connectivity index (χ1n) is 11.3. The molecule has 2 N–H and O–H groups in total. The summed E-state index contributed by atoms with van der Waals surface area (Å²) in [6.45, 7) is 0.554. The van der Waals surface area contributed by atoms with Crippen LogP contribution >= 0.6 is 0 Å². The van der Waals surface area contributed by atoms with Crippen molar-refractivity contribution in [1.82, 2.24) is 5.32 Å². The molecule has 1 heterocycles. The molecule has 0 saturated carbocycles. The molecule has 8 heteroatoms. The van der Waals surface area contributed by atoms with E-state index in [1.165, 1.54) is 6.07 Å². The summed E-state index contributed by atoms with van der Waals surface area (Å²) < 4.78 is 26.7. The van der Waals surface area contributed by atoms with Crippen LogP contribution < -0.4 is 29.0 Å². The van der Waals surface area contributed by atoms with E-state index in [-0.39, 0.29) is 24.9 Å². The lowest BCUT2D eigenvalue weighted by atomic mass is 9.87. The van der Waals surface area contributed by atoms with E-state index in [4.69, 9.17) is 23.7 Å². The maximum Gasteiger partial charge on any atom is 0.231 e. The Bertz CT molecular complexity index is 1180. The van der Waals surface area contributed by atoms with Gasteiger partial charge in [0, 0.05) is 30.5 Å². The summed E-state index contributed by atoms with van der Waals surface area (Å²) >= 11 is 0. The van der Waals surface area contributed by atoms with Crippen LogP contribution in [-0.2, 0) is 11.2 Å². The quantitative estimate of drug-likeness (QED) is 0.453. The van der Waals surface area contributed by atoms with Gasteiger partial charge in [0.05, 0.1) is 21.3 Å². The van der Waals surface area contributed by atoms with Crippen molar-refractivity contribution >= 4 is 5.91 Å². The van der Waals surface area contributed by atoms with Crippen LogP contribution in [0.4, 0.5) is 0 Å². The molecular weight excluding hydrogens is 450 g/mol. The van der Waals surface area contributed by atoms with Gasteiger partial charge < -0.3 is 34.1 Å². The second-order valence-electron chi connectivity index (χ2n) is 8.08. The number of carbonyl (C=O) groups is 1. The Balaban J connectivity index is 1.48. The van der Waals surface area contributed by atoms with Crippen molar-refractivity contribution < 1.29 is 33.6 Å². The second kappa shape index (κ2) is 10.9. The van der Waals surface area contributed by atoms with Crippen LogP contribution in [0.15, 0.2) is 54.6 Å². The first-order chi connectivity index (χ1) is 17.0. The predicted molar refractivity (Wildman–Crippen MR) is 130 cm³/mol. The van der Waals surface area contributed by atoms with Gasteiger partial charge in [0.25, 0.3) is 0 Å². The molecule has 0 aromatic heterocycles. The Labute approximate surface area is 204 Å². The van der Waals surface area contributed by atoms with Gasteiger partial charge in [-0.05, 0) is 47.9 Å². The molecule has 0 saturated heterocycles. The molecule has 3 aromatic carbocycles. The van der Waals surface area contributed by atoms with Gasteiger partial charge in [-0.3, -0.25) is 4.79 Å². The highest BCUT2D eigenvalue weighted by Gasteiger charge is 2.25. The van der Waals surface area contributed by atoms with Crippen molar-refractivity contribution in [2.45, 2.75) is 18.8 Å². The Kier molecular flexibility index (Phi) is 7.50. The normalized spacial score (nSPS) is 12.7. The molecule has 1 aliphatic rings. The second-order valence-corrected chi connectivity index (χ2v) is 8.08. The fourth-order valence-electron chi connectivity index (χ4n) is 4.11. The van der Waals surface area contributed by atoms with E-state index in [1.54, 1.807) is 27.4 Å². The number of aromatic hydroxyl groups is 1. The standard InChI is InChI=1S/C27H29NO7/c1-31-19-7-5-18(6-8-19)20(21-13-25-26(15-22(21)29)35-16-34-25)14-27(30)28-11-10-17-4-9-23(32-2)24(12-17)33-3/h4-9,12-13,15,20,29H,10-11,14,16H2,1-3H3,(H,28,30). The van der Waals surface area contributed by atoms with E-state index in [1.807, 2.05) is 42.5 Å². The average Bonchev–Trinajstić information content (AvgIpc) is 3.34. The van der Waals surface area contributed by atoms with E-state index < -0.39 is 5.92 Å². The summed E-state index contributed by atoms with van der Waals surface area (Å²) in [5, 5.41) is 13.7. The number of hydrogen-bond donors (Lipinski definition) is 2. The van der Waals surface area contributed by atoms with Gasteiger partial charge in [0.1, 0.15) is 11.5 Å². The predicted octanol–water partition coefficient (Wildman–Crippen LogP) is 4.03. The number of nitrogens with one attached hydrogen (secondary N) is 1. The fraction of sp³-hybridized carbons (Fsp3) is 0.296. The summed E-state index contributed by atoms with van der Waals surface area (Å²) in [6, 6.07) is 16.4. The molecule has 0 radical (unpaired) electrons. The number of ether oxygens (including phenoxy) is 5. The lowest BCUT2D eigenvalue weighted by Gasteiger charge is -2.20. The largest absolute Gasteiger partial charge is 0.508 e. The van der Waals surface area contributed by atoms with Crippen LogP contribution in [-0.4, -0.2) is 45.7 Å². The molecule has 3 aromatic rings. The molecule has 0 aliphatic carbocycles. The fourth-order valence-corrected chi connectivity index (χ4v) is 4.11. The van der Waals surface area contributed by atoms with Gasteiger partial charge in [-0.25, -0.2) is 0 Å². The summed E-state index contributed by atoms with van der Waals surface area (Å²) in [5.41, 5.74) is 2.48. The molecular formula is C27H29NO7. The summed E-state index contributed by atoms with van der Waals surface area (Å²) in [7, 11) is 4.78. The minimum atomic E-state index is -0.392. The number of methoxy groups -OCH3 is 3. The molecule has 184 valence electrons. The Morgan fingerprint density at radius 2 is 1.66 bits per heavy atom. The number of benzene rings is 3. The van der Waals surface area contributed by atoms with Crippen LogP contribution in [0.1, 0.15) is 29.0 Å². The van der Waals surface area contributed by atoms with Crippen LogP contribution in [0, 0.1) is 0 Å². The third-order valence-corrected chi connectivity index (χ3v) is 5.99. The Morgan fingerprint density at radius 1 is 0.943 bits per heavy atom. The minimum absolute atomic E-state index is 0.0493. The maximum absolute atomic E-state index is 13.0. The summed E-state index contributed by atoms with van der Waals surface area (Å²) in [6.07, 6.45) is 0.778. The van der Waals surface area contributed by atoms with Gasteiger partial charge in [0.15, 0.2) is 23.0 Å². The van der Waals surface area contributed by atoms with E-state index in [9.17, 15) is 9.90 Å². The number of amides is 1. The molecule has 1 unspecified atom stereocenters. The van der Waals surface area contributed by atoms with Gasteiger partial charge in [-0.1, -0.05) is 18.2 Å². The molecule has 1 atom stereocenters. The lowest BCUT2D eigenvalue weighted by Crippen LogP contribution is -2.27. The van der Waals surface area contributed by atoms with Crippen molar-refractivity contribution in [2.75, 3.05) is 34.7 Å². The number of hydrogen-bond acceptors (Lipinski definition) is 7. The number of carbonyl (C=O) groups excluding carboxylic acids is 1. The molecule has 0 spiro atoms. The lowest BCUT2D eigenvalue weighted by molar-refractivity contribution is -0.121. The summed E-state index contributed by atoms with van der Waals surface area (Å²) in [4.78, 5) is 13.0. The van der Waals surface area contributed by atoms with Crippen molar-refractivity contribution in [1.29, 1.82) is 0 Å². The van der Waals surface area contributed by atoms with E-state index in [0.717, 1.165) is 11.1 Å². The maximum atomic E-state index is 13.0. The smallest absolute Gasteiger partial charge is 0.231 e. The molecule has 0 bridgehead atoms. The molecule has 35 heavy (non-hydrogen) atoms. The number of phenols is 1. The third-order valence-electron chi connectivity index (χ3n) is 5.99. The zero-order valence-corrected chi connectivity index (χ0v) is 20.0. The van der Waals surface area contributed by atoms with Gasteiger partial charge >= 0.3 is 0 Å².